The largest absolute Gasteiger partial charge is 0.497 e. The van der Waals surface area contributed by atoms with Gasteiger partial charge in [0.15, 0.2) is 0 Å². The van der Waals surface area contributed by atoms with E-state index in [1.807, 2.05) is 55.6 Å². The molecule has 0 bridgehead atoms. The van der Waals surface area contributed by atoms with Crippen LogP contribution < -0.4 is 14.8 Å². The number of aryl methyl sites for hydroxylation is 1. The van der Waals surface area contributed by atoms with Crippen LogP contribution in [0.3, 0.4) is 0 Å². The van der Waals surface area contributed by atoms with Crippen LogP contribution in [0, 0.1) is 6.92 Å². The molecule has 0 saturated heterocycles. The predicted octanol–water partition coefficient (Wildman–Crippen LogP) is 3.72. The van der Waals surface area contributed by atoms with E-state index in [0.29, 0.717) is 13.1 Å². The average Bonchev–Trinajstić information content (AvgIpc) is 3.37. The molecule has 0 atom stereocenters. The first-order valence-corrected chi connectivity index (χ1v) is 10.2. The highest BCUT2D eigenvalue weighted by molar-refractivity contribution is 5.82. The first kappa shape index (κ1) is 20.5. The maximum Gasteiger partial charge on any atom is 0.224 e. The monoisotopic (exact) mass is 418 g/mol. The highest BCUT2D eigenvalue weighted by Gasteiger charge is 2.16. The van der Waals surface area contributed by atoms with Gasteiger partial charge in [0.25, 0.3) is 0 Å². The second-order valence-electron chi connectivity index (χ2n) is 7.36. The number of aromatic nitrogens is 3. The maximum atomic E-state index is 12.6. The van der Waals surface area contributed by atoms with E-state index in [0.717, 1.165) is 44.9 Å². The van der Waals surface area contributed by atoms with Crippen LogP contribution in [0.5, 0.6) is 11.5 Å². The number of methoxy groups -OCH3 is 2. The first-order valence-electron chi connectivity index (χ1n) is 10.2. The predicted molar refractivity (Wildman–Crippen MR) is 121 cm³/mol. The van der Waals surface area contributed by atoms with Crippen LogP contribution in [-0.4, -0.2) is 41.4 Å². The van der Waals surface area contributed by atoms with Gasteiger partial charge in [0, 0.05) is 47.0 Å². The maximum absolute atomic E-state index is 12.6. The highest BCUT2D eigenvalue weighted by atomic mass is 16.5. The van der Waals surface area contributed by atoms with E-state index >= 15 is 0 Å². The molecule has 7 heteroatoms. The molecular weight excluding hydrogens is 392 g/mol. The summed E-state index contributed by atoms with van der Waals surface area (Å²) in [6, 6.07) is 15.7. The summed E-state index contributed by atoms with van der Waals surface area (Å²) in [5.41, 5.74) is 4.65. The van der Waals surface area contributed by atoms with Crippen LogP contribution in [-0.2, 0) is 17.8 Å². The van der Waals surface area contributed by atoms with Crippen LogP contribution in [0.25, 0.3) is 22.2 Å². The third-order valence-electron chi connectivity index (χ3n) is 5.43. The van der Waals surface area contributed by atoms with Crippen molar-refractivity contribution in [2.24, 2.45) is 0 Å². The van der Waals surface area contributed by atoms with Crippen LogP contribution in [0.1, 0.15) is 11.3 Å². The molecule has 0 fully saturated rings. The molecule has 7 nitrogen and oxygen atoms in total. The molecule has 2 aromatic carbocycles. The molecule has 160 valence electrons. The van der Waals surface area contributed by atoms with E-state index < -0.39 is 0 Å². The standard InChI is InChI=1S/C24H26N4O3/c1-16-21(24(27-26-16)17-4-6-19(30-2)7-5-17)15-23(29)25-11-13-28-12-10-18-14-20(31-3)8-9-22(18)28/h4-10,12,14H,11,13,15H2,1-3H3,(H,25,29)(H,26,27). The average molecular weight is 418 g/mol. The lowest BCUT2D eigenvalue weighted by molar-refractivity contribution is -0.120. The Morgan fingerprint density at radius 2 is 1.81 bits per heavy atom. The number of hydrogen-bond acceptors (Lipinski definition) is 4. The highest BCUT2D eigenvalue weighted by Crippen LogP contribution is 2.26. The Labute approximate surface area is 181 Å². The van der Waals surface area contributed by atoms with Gasteiger partial charge in [-0.25, -0.2) is 0 Å². The van der Waals surface area contributed by atoms with Gasteiger partial charge in [-0.1, -0.05) is 0 Å². The van der Waals surface area contributed by atoms with Crippen molar-refractivity contribution in [1.29, 1.82) is 0 Å². The van der Waals surface area contributed by atoms with E-state index in [9.17, 15) is 4.79 Å². The minimum Gasteiger partial charge on any atom is -0.497 e. The second kappa shape index (κ2) is 8.95. The number of hydrogen-bond donors (Lipinski definition) is 2. The quantitative estimate of drug-likeness (QED) is 0.457. The number of benzene rings is 2. The van der Waals surface area contributed by atoms with E-state index in [2.05, 4.69) is 26.1 Å². The van der Waals surface area contributed by atoms with Gasteiger partial charge in [-0.15, -0.1) is 0 Å². The molecule has 0 saturated carbocycles. The molecule has 0 aliphatic rings. The van der Waals surface area contributed by atoms with E-state index in [1.54, 1.807) is 14.2 Å². The zero-order chi connectivity index (χ0) is 21.8. The Hall–Kier alpha value is -3.74. The third kappa shape index (κ3) is 4.40. The van der Waals surface area contributed by atoms with Crippen molar-refractivity contribution in [2.75, 3.05) is 20.8 Å². The summed E-state index contributed by atoms with van der Waals surface area (Å²) in [5.74, 6) is 1.59. The third-order valence-corrected chi connectivity index (χ3v) is 5.43. The number of nitrogens with zero attached hydrogens (tertiary/aromatic N) is 2. The Morgan fingerprint density at radius 1 is 1.06 bits per heavy atom. The molecule has 31 heavy (non-hydrogen) atoms. The van der Waals surface area contributed by atoms with Crippen molar-refractivity contribution in [3.05, 3.63) is 66.0 Å². The molecule has 1 amide bonds. The molecule has 0 spiro atoms. The fourth-order valence-corrected chi connectivity index (χ4v) is 3.70. The molecule has 2 N–H and O–H groups in total. The number of amides is 1. The minimum absolute atomic E-state index is 0.0302. The van der Waals surface area contributed by atoms with Crippen molar-refractivity contribution in [3.8, 4) is 22.8 Å². The van der Waals surface area contributed by atoms with Crippen LogP contribution >= 0.6 is 0 Å². The number of nitrogens with one attached hydrogen (secondary N) is 2. The van der Waals surface area contributed by atoms with Gasteiger partial charge >= 0.3 is 0 Å². The first-order chi connectivity index (χ1) is 15.1. The van der Waals surface area contributed by atoms with Gasteiger partial charge in [-0.3, -0.25) is 9.89 Å². The van der Waals surface area contributed by atoms with Crippen LogP contribution in [0.15, 0.2) is 54.7 Å². The lowest BCUT2D eigenvalue weighted by Crippen LogP contribution is -2.28. The molecular formula is C24H26N4O3. The van der Waals surface area contributed by atoms with Gasteiger partial charge in [0.05, 0.1) is 26.3 Å². The fourth-order valence-electron chi connectivity index (χ4n) is 3.70. The molecule has 2 heterocycles. The summed E-state index contributed by atoms with van der Waals surface area (Å²) in [7, 11) is 3.30. The summed E-state index contributed by atoms with van der Waals surface area (Å²) in [6.07, 6.45) is 2.30. The van der Waals surface area contributed by atoms with E-state index in [-0.39, 0.29) is 12.3 Å². The lowest BCUT2D eigenvalue weighted by atomic mass is 10.0. The summed E-state index contributed by atoms with van der Waals surface area (Å²) < 4.78 is 12.6. The molecule has 0 aliphatic carbocycles. The second-order valence-corrected chi connectivity index (χ2v) is 7.36. The fraction of sp³-hybridized carbons (Fsp3) is 0.250. The number of aromatic amines is 1. The Morgan fingerprint density at radius 3 is 2.55 bits per heavy atom. The number of fused-ring (bicyclic) bond motifs is 1. The van der Waals surface area contributed by atoms with Gasteiger partial charge in [0.1, 0.15) is 11.5 Å². The Balaban J connectivity index is 1.39. The Bertz CT molecular complexity index is 1190. The summed E-state index contributed by atoms with van der Waals surface area (Å²) in [6.45, 7) is 3.17. The smallest absolute Gasteiger partial charge is 0.224 e. The SMILES string of the molecule is COc1ccc(-c2n[nH]c(C)c2CC(=O)NCCn2ccc3cc(OC)ccc32)cc1. The molecule has 0 radical (unpaired) electrons. The molecule has 4 rings (SSSR count). The summed E-state index contributed by atoms with van der Waals surface area (Å²) >= 11 is 0. The Kier molecular flexibility index (Phi) is 5.93. The van der Waals surface area contributed by atoms with Crippen molar-refractivity contribution < 1.29 is 14.3 Å². The lowest BCUT2D eigenvalue weighted by Gasteiger charge is -2.09. The normalized spacial score (nSPS) is 10.9. The van der Waals surface area contributed by atoms with Gasteiger partial charge in [0.2, 0.25) is 5.91 Å². The van der Waals surface area contributed by atoms with E-state index in [1.165, 1.54) is 0 Å². The van der Waals surface area contributed by atoms with Crippen LogP contribution in [0.2, 0.25) is 0 Å². The van der Waals surface area contributed by atoms with Crippen molar-refractivity contribution in [2.45, 2.75) is 19.9 Å². The number of carbonyl (C=O) groups excluding carboxylic acids is 1. The number of carbonyl (C=O) groups is 1. The van der Waals surface area contributed by atoms with Gasteiger partial charge in [-0.2, -0.15) is 5.10 Å². The zero-order valence-corrected chi connectivity index (χ0v) is 17.9. The minimum atomic E-state index is -0.0302. The van der Waals surface area contributed by atoms with Crippen molar-refractivity contribution >= 4 is 16.8 Å². The number of rotatable bonds is 8. The molecule has 2 aromatic heterocycles. The molecule has 4 aromatic rings. The summed E-state index contributed by atoms with van der Waals surface area (Å²) in [5, 5.41) is 11.5. The summed E-state index contributed by atoms with van der Waals surface area (Å²) in [4.78, 5) is 12.6. The van der Waals surface area contributed by atoms with E-state index in [4.69, 9.17) is 9.47 Å². The molecule has 0 unspecified atom stereocenters. The zero-order valence-electron chi connectivity index (χ0n) is 17.9. The number of H-pyrrole nitrogens is 1. The van der Waals surface area contributed by atoms with Gasteiger partial charge < -0.3 is 19.4 Å². The van der Waals surface area contributed by atoms with Crippen molar-refractivity contribution in [3.63, 3.8) is 0 Å². The topological polar surface area (TPSA) is 81.2 Å². The molecule has 0 aliphatic heterocycles. The van der Waals surface area contributed by atoms with Crippen LogP contribution in [0.4, 0.5) is 0 Å². The number of ether oxygens (including phenoxy) is 2. The van der Waals surface area contributed by atoms with Crippen molar-refractivity contribution in [1.82, 2.24) is 20.1 Å². The van der Waals surface area contributed by atoms with Gasteiger partial charge in [-0.05, 0) is 55.5 Å².